The number of nitrogens with one attached hydrogen (secondary N) is 1. The minimum atomic E-state index is 0.435. The van der Waals surface area contributed by atoms with Crippen LogP contribution in [-0.2, 0) is 6.42 Å². The average molecular weight is 218 g/mol. The highest BCUT2D eigenvalue weighted by atomic mass is 15.2. The number of hydrogen-bond donors (Lipinski definition) is 2. The van der Waals surface area contributed by atoms with Gasteiger partial charge in [0.25, 0.3) is 0 Å². The van der Waals surface area contributed by atoms with Crippen LogP contribution in [0.3, 0.4) is 0 Å². The molecule has 2 nitrogen and oxygen atoms in total. The first-order valence-corrected chi connectivity index (χ1v) is 6.30. The van der Waals surface area contributed by atoms with Gasteiger partial charge in [-0.2, -0.15) is 0 Å². The predicted molar refractivity (Wildman–Crippen MR) is 68.1 cm³/mol. The number of hydrogen-bond acceptors (Lipinski definition) is 2. The van der Waals surface area contributed by atoms with E-state index in [1.54, 1.807) is 0 Å². The fourth-order valence-corrected chi connectivity index (χ4v) is 2.61. The molecule has 1 aromatic carbocycles. The van der Waals surface area contributed by atoms with Crippen molar-refractivity contribution in [2.24, 2.45) is 11.8 Å². The summed E-state index contributed by atoms with van der Waals surface area (Å²) in [7, 11) is 0. The summed E-state index contributed by atoms with van der Waals surface area (Å²) >= 11 is 0. The van der Waals surface area contributed by atoms with Crippen molar-refractivity contribution >= 4 is 0 Å². The van der Waals surface area contributed by atoms with E-state index in [0.29, 0.717) is 12.0 Å². The topological polar surface area (TPSA) is 38.0 Å². The molecule has 0 saturated carbocycles. The monoisotopic (exact) mass is 218 g/mol. The van der Waals surface area contributed by atoms with E-state index >= 15 is 0 Å². The summed E-state index contributed by atoms with van der Waals surface area (Å²) in [5, 5.41) is 0. The maximum Gasteiger partial charge on any atom is 0.0285 e. The molecule has 1 aliphatic rings. The second-order valence-corrected chi connectivity index (χ2v) is 5.03. The molecule has 1 aromatic rings. The molecule has 0 amide bonds. The molecule has 3 unspecified atom stereocenters. The minimum Gasteiger partial charge on any atom is -0.271 e. The molecule has 0 radical (unpaired) electrons. The number of fused-ring (bicyclic) bond motifs is 1. The molecule has 88 valence electrons. The molecular weight excluding hydrogens is 196 g/mol. The van der Waals surface area contributed by atoms with Crippen LogP contribution in [0.2, 0.25) is 0 Å². The Morgan fingerprint density at radius 3 is 2.81 bits per heavy atom. The Morgan fingerprint density at radius 2 is 2.19 bits per heavy atom. The van der Waals surface area contributed by atoms with Gasteiger partial charge in [-0.3, -0.25) is 11.3 Å². The van der Waals surface area contributed by atoms with Crippen molar-refractivity contribution in [1.29, 1.82) is 0 Å². The molecule has 0 saturated heterocycles. The van der Waals surface area contributed by atoms with Gasteiger partial charge in [-0.1, -0.05) is 44.5 Å². The lowest BCUT2D eigenvalue weighted by atomic mass is 9.71. The third-order valence-corrected chi connectivity index (χ3v) is 3.95. The number of hydrazine groups is 1. The van der Waals surface area contributed by atoms with Crippen molar-refractivity contribution in [3.8, 4) is 0 Å². The maximum atomic E-state index is 5.69. The summed E-state index contributed by atoms with van der Waals surface area (Å²) in [6.45, 7) is 4.54. The van der Waals surface area contributed by atoms with E-state index in [9.17, 15) is 0 Å². The molecular formula is C14H22N2. The van der Waals surface area contributed by atoms with Gasteiger partial charge in [0.2, 0.25) is 0 Å². The Kier molecular flexibility index (Phi) is 3.62. The molecule has 2 rings (SSSR count). The summed E-state index contributed by atoms with van der Waals surface area (Å²) in [6, 6.07) is 9.15. The molecule has 3 N–H and O–H groups in total. The number of rotatable bonds is 5. The summed E-state index contributed by atoms with van der Waals surface area (Å²) < 4.78 is 0. The van der Waals surface area contributed by atoms with Gasteiger partial charge in [0.05, 0.1) is 0 Å². The van der Waals surface area contributed by atoms with Crippen molar-refractivity contribution in [3.63, 3.8) is 0 Å². The van der Waals surface area contributed by atoms with Crippen molar-refractivity contribution in [2.45, 2.75) is 45.1 Å². The first-order chi connectivity index (χ1) is 7.76. The largest absolute Gasteiger partial charge is 0.271 e. The van der Waals surface area contributed by atoms with Crippen LogP contribution in [0.15, 0.2) is 24.3 Å². The van der Waals surface area contributed by atoms with Gasteiger partial charge in [0, 0.05) is 12.0 Å². The van der Waals surface area contributed by atoms with Gasteiger partial charge in [-0.05, 0) is 29.9 Å². The van der Waals surface area contributed by atoms with Crippen molar-refractivity contribution in [1.82, 2.24) is 5.43 Å². The van der Waals surface area contributed by atoms with Gasteiger partial charge in [0.15, 0.2) is 0 Å². The van der Waals surface area contributed by atoms with Crippen LogP contribution < -0.4 is 11.3 Å². The van der Waals surface area contributed by atoms with Crippen LogP contribution in [0, 0.1) is 5.92 Å². The Morgan fingerprint density at radius 1 is 1.44 bits per heavy atom. The lowest BCUT2D eigenvalue weighted by Crippen LogP contribution is -2.44. The third kappa shape index (κ3) is 2.13. The van der Waals surface area contributed by atoms with Crippen LogP contribution in [0.4, 0.5) is 0 Å². The summed E-state index contributed by atoms with van der Waals surface area (Å²) in [4.78, 5) is 0. The predicted octanol–water partition coefficient (Wildman–Crippen LogP) is 2.59. The quantitative estimate of drug-likeness (QED) is 0.589. The van der Waals surface area contributed by atoms with E-state index in [2.05, 4.69) is 43.5 Å². The molecule has 0 bridgehead atoms. The van der Waals surface area contributed by atoms with Crippen molar-refractivity contribution in [3.05, 3.63) is 35.4 Å². The van der Waals surface area contributed by atoms with E-state index in [1.807, 2.05) is 0 Å². The second-order valence-electron chi connectivity index (χ2n) is 5.03. The first-order valence-electron chi connectivity index (χ1n) is 6.30. The van der Waals surface area contributed by atoms with Crippen LogP contribution in [0.25, 0.3) is 0 Å². The molecule has 0 spiro atoms. The van der Waals surface area contributed by atoms with Gasteiger partial charge in [-0.25, -0.2) is 0 Å². The third-order valence-electron chi connectivity index (χ3n) is 3.95. The molecule has 0 aromatic heterocycles. The SMILES string of the molecule is CCC(C)CC(NN)C1Cc2ccccc21. The lowest BCUT2D eigenvalue weighted by Gasteiger charge is -2.37. The summed E-state index contributed by atoms with van der Waals surface area (Å²) in [5.41, 5.74) is 6.00. The highest BCUT2D eigenvalue weighted by molar-refractivity contribution is 5.41. The summed E-state index contributed by atoms with van der Waals surface area (Å²) in [6.07, 6.45) is 3.58. The van der Waals surface area contributed by atoms with Gasteiger partial charge >= 0.3 is 0 Å². The zero-order valence-corrected chi connectivity index (χ0v) is 10.2. The standard InChI is InChI=1S/C14H22N2/c1-3-10(2)8-14(16-15)13-9-11-6-4-5-7-12(11)13/h4-7,10,13-14,16H,3,8-9,15H2,1-2H3. The lowest BCUT2D eigenvalue weighted by molar-refractivity contribution is 0.331. The molecule has 2 heteroatoms. The van der Waals surface area contributed by atoms with Gasteiger partial charge in [0.1, 0.15) is 0 Å². The second kappa shape index (κ2) is 4.98. The van der Waals surface area contributed by atoms with Crippen molar-refractivity contribution in [2.75, 3.05) is 0 Å². The van der Waals surface area contributed by atoms with Crippen LogP contribution >= 0.6 is 0 Å². The molecule has 0 heterocycles. The van der Waals surface area contributed by atoms with E-state index in [4.69, 9.17) is 5.84 Å². The Balaban J connectivity index is 2.03. The zero-order valence-electron chi connectivity index (χ0n) is 10.2. The van der Waals surface area contributed by atoms with Gasteiger partial charge < -0.3 is 0 Å². The fourth-order valence-electron chi connectivity index (χ4n) is 2.61. The van der Waals surface area contributed by atoms with Crippen LogP contribution in [0.1, 0.15) is 43.7 Å². The maximum absolute atomic E-state index is 5.69. The number of benzene rings is 1. The minimum absolute atomic E-state index is 0.435. The van der Waals surface area contributed by atoms with E-state index < -0.39 is 0 Å². The molecule has 16 heavy (non-hydrogen) atoms. The van der Waals surface area contributed by atoms with Crippen LogP contribution in [0.5, 0.6) is 0 Å². The highest BCUT2D eigenvalue weighted by Gasteiger charge is 2.32. The van der Waals surface area contributed by atoms with E-state index in [-0.39, 0.29) is 0 Å². The first kappa shape index (κ1) is 11.6. The molecule has 0 aliphatic heterocycles. The Bertz CT molecular complexity index is 348. The Hall–Kier alpha value is -0.860. The fraction of sp³-hybridized carbons (Fsp3) is 0.571. The average Bonchev–Trinajstić information content (AvgIpc) is 2.29. The van der Waals surface area contributed by atoms with Crippen molar-refractivity contribution < 1.29 is 0 Å². The van der Waals surface area contributed by atoms with Crippen LogP contribution in [-0.4, -0.2) is 6.04 Å². The smallest absolute Gasteiger partial charge is 0.0285 e. The highest BCUT2D eigenvalue weighted by Crippen LogP contribution is 2.38. The number of nitrogens with two attached hydrogens (primary N) is 1. The Labute approximate surface area is 98.2 Å². The molecule has 0 fully saturated rings. The van der Waals surface area contributed by atoms with E-state index in [1.165, 1.54) is 30.4 Å². The van der Waals surface area contributed by atoms with E-state index in [0.717, 1.165) is 5.92 Å². The van der Waals surface area contributed by atoms with Gasteiger partial charge in [-0.15, -0.1) is 0 Å². The normalized spacial score (nSPS) is 22.1. The molecule has 1 aliphatic carbocycles. The summed E-state index contributed by atoms with van der Waals surface area (Å²) in [5.74, 6) is 7.06. The zero-order chi connectivity index (χ0) is 11.5. The molecule has 3 atom stereocenters.